The molecule has 1 unspecified atom stereocenters. The van der Waals surface area contributed by atoms with Crippen LogP contribution in [0.2, 0.25) is 0 Å². The fourth-order valence-corrected chi connectivity index (χ4v) is 6.06. The van der Waals surface area contributed by atoms with Crippen LogP contribution in [0.5, 0.6) is 0 Å². The predicted octanol–water partition coefficient (Wildman–Crippen LogP) is 3.07. The van der Waals surface area contributed by atoms with Crippen molar-refractivity contribution in [3.8, 4) is 0 Å². The molecule has 1 aromatic carbocycles. The van der Waals surface area contributed by atoms with Gasteiger partial charge in [0.05, 0.1) is 23.4 Å². The van der Waals surface area contributed by atoms with Crippen molar-refractivity contribution in [1.29, 1.82) is 0 Å². The third-order valence-electron chi connectivity index (χ3n) is 6.16. The standard InChI is InChI=1S/C23H26N6O2S/c1-2-12-27-17-21(16-25-27)32(30,31)28-13-10-23(18-28,14-20-8-5-6-11-24-20)29-22-9-4-3-7-19(22)15-26-29/h3-9,11,15-17H,2,10,12-14,18H2,1H3. The monoisotopic (exact) mass is 450 g/mol. The number of nitrogens with zero attached hydrogens (tertiary/aromatic N) is 6. The normalized spacial score (nSPS) is 19.7. The van der Waals surface area contributed by atoms with E-state index < -0.39 is 15.6 Å². The smallest absolute Gasteiger partial charge is 0.246 e. The average molecular weight is 451 g/mol. The van der Waals surface area contributed by atoms with Crippen LogP contribution in [0.3, 0.4) is 0 Å². The summed E-state index contributed by atoms with van der Waals surface area (Å²) in [5, 5.41) is 9.97. The summed E-state index contributed by atoms with van der Waals surface area (Å²) in [7, 11) is -3.66. The van der Waals surface area contributed by atoms with Crippen molar-refractivity contribution in [3.05, 3.63) is 72.9 Å². The molecule has 1 aliphatic rings. The highest BCUT2D eigenvalue weighted by molar-refractivity contribution is 7.89. The van der Waals surface area contributed by atoms with Gasteiger partial charge >= 0.3 is 0 Å². The van der Waals surface area contributed by atoms with Crippen molar-refractivity contribution < 1.29 is 8.42 Å². The van der Waals surface area contributed by atoms with Gasteiger partial charge in [0.25, 0.3) is 0 Å². The van der Waals surface area contributed by atoms with E-state index in [2.05, 4.69) is 10.1 Å². The lowest BCUT2D eigenvalue weighted by Crippen LogP contribution is -2.41. The lowest BCUT2D eigenvalue weighted by molar-refractivity contribution is 0.274. The molecule has 5 rings (SSSR count). The van der Waals surface area contributed by atoms with Gasteiger partial charge in [0.15, 0.2) is 0 Å². The minimum absolute atomic E-state index is 0.241. The largest absolute Gasteiger partial charge is 0.271 e. The Kier molecular flexibility index (Phi) is 5.30. The van der Waals surface area contributed by atoms with E-state index in [0.717, 1.165) is 23.0 Å². The molecule has 1 fully saturated rings. The number of aromatic nitrogens is 5. The predicted molar refractivity (Wildman–Crippen MR) is 122 cm³/mol. The van der Waals surface area contributed by atoms with Gasteiger partial charge < -0.3 is 0 Å². The van der Waals surface area contributed by atoms with Crippen LogP contribution in [0.4, 0.5) is 0 Å². The van der Waals surface area contributed by atoms with Gasteiger partial charge in [0.2, 0.25) is 10.0 Å². The molecule has 1 atom stereocenters. The van der Waals surface area contributed by atoms with E-state index in [1.807, 2.05) is 60.3 Å². The summed E-state index contributed by atoms with van der Waals surface area (Å²) < 4.78 is 32.2. The molecular formula is C23H26N6O2S. The third kappa shape index (κ3) is 3.61. The van der Waals surface area contributed by atoms with Gasteiger partial charge in [0.1, 0.15) is 4.90 Å². The number of benzene rings is 1. The van der Waals surface area contributed by atoms with Crippen molar-refractivity contribution in [2.75, 3.05) is 13.1 Å². The number of hydrogen-bond acceptors (Lipinski definition) is 5. The van der Waals surface area contributed by atoms with Crippen molar-refractivity contribution in [3.63, 3.8) is 0 Å². The van der Waals surface area contributed by atoms with Gasteiger partial charge in [-0.25, -0.2) is 8.42 Å². The minimum atomic E-state index is -3.66. The molecule has 1 saturated heterocycles. The van der Waals surface area contributed by atoms with Crippen molar-refractivity contribution in [2.45, 2.75) is 43.2 Å². The van der Waals surface area contributed by atoms with E-state index in [4.69, 9.17) is 5.10 Å². The fourth-order valence-electron chi connectivity index (χ4n) is 4.58. The van der Waals surface area contributed by atoms with E-state index >= 15 is 0 Å². The zero-order valence-electron chi connectivity index (χ0n) is 18.0. The van der Waals surface area contributed by atoms with Crippen LogP contribution in [0.25, 0.3) is 10.9 Å². The second-order valence-corrected chi connectivity index (χ2v) is 10.3. The Morgan fingerprint density at radius 3 is 2.72 bits per heavy atom. The molecule has 0 N–H and O–H groups in total. The Morgan fingerprint density at radius 1 is 1.06 bits per heavy atom. The van der Waals surface area contributed by atoms with Crippen LogP contribution < -0.4 is 0 Å². The Balaban J connectivity index is 1.53. The molecular weight excluding hydrogens is 424 g/mol. The molecule has 4 aromatic rings. The maximum absolute atomic E-state index is 13.5. The van der Waals surface area contributed by atoms with Crippen molar-refractivity contribution in [2.24, 2.45) is 0 Å². The van der Waals surface area contributed by atoms with Crippen LogP contribution >= 0.6 is 0 Å². The molecule has 3 aromatic heterocycles. The van der Waals surface area contributed by atoms with Crippen molar-refractivity contribution >= 4 is 20.9 Å². The van der Waals surface area contributed by atoms with Gasteiger partial charge in [-0.1, -0.05) is 31.2 Å². The molecule has 0 aliphatic carbocycles. The first-order valence-corrected chi connectivity index (χ1v) is 12.3. The Bertz CT molecular complexity index is 1330. The third-order valence-corrected chi connectivity index (χ3v) is 7.96. The summed E-state index contributed by atoms with van der Waals surface area (Å²) >= 11 is 0. The van der Waals surface area contributed by atoms with E-state index in [1.165, 1.54) is 6.20 Å². The van der Waals surface area contributed by atoms with Crippen LogP contribution in [0.1, 0.15) is 25.5 Å². The highest BCUT2D eigenvalue weighted by Gasteiger charge is 2.46. The van der Waals surface area contributed by atoms with Crippen LogP contribution in [0.15, 0.2) is 72.1 Å². The van der Waals surface area contributed by atoms with Gasteiger partial charge in [0, 0.05) is 49.5 Å². The maximum atomic E-state index is 13.5. The van der Waals surface area contributed by atoms with Gasteiger partial charge in [-0.3, -0.25) is 14.3 Å². The maximum Gasteiger partial charge on any atom is 0.246 e. The number of sulfonamides is 1. The number of para-hydroxylation sites is 1. The number of hydrogen-bond donors (Lipinski definition) is 0. The zero-order chi connectivity index (χ0) is 22.2. The summed E-state index contributed by atoms with van der Waals surface area (Å²) in [6, 6.07) is 13.9. The number of rotatable bonds is 7. The van der Waals surface area contributed by atoms with E-state index in [-0.39, 0.29) is 4.90 Å². The zero-order valence-corrected chi connectivity index (χ0v) is 18.8. The quantitative estimate of drug-likeness (QED) is 0.432. The van der Waals surface area contributed by atoms with Gasteiger partial charge in [-0.2, -0.15) is 14.5 Å². The topological polar surface area (TPSA) is 85.9 Å². The molecule has 0 amide bonds. The van der Waals surface area contributed by atoms with E-state index in [9.17, 15) is 8.42 Å². The Labute approximate surface area is 187 Å². The van der Waals surface area contributed by atoms with Crippen LogP contribution in [-0.2, 0) is 28.5 Å². The lowest BCUT2D eigenvalue weighted by Gasteiger charge is -2.30. The minimum Gasteiger partial charge on any atom is -0.271 e. The highest BCUT2D eigenvalue weighted by atomic mass is 32.2. The summed E-state index contributed by atoms with van der Waals surface area (Å²) in [6.45, 7) is 3.48. The molecule has 0 radical (unpaired) electrons. The molecule has 32 heavy (non-hydrogen) atoms. The molecule has 0 saturated carbocycles. The second-order valence-electron chi connectivity index (χ2n) is 8.37. The van der Waals surface area contributed by atoms with Crippen molar-refractivity contribution in [1.82, 2.24) is 28.9 Å². The molecule has 1 aliphatic heterocycles. The summed E-state index contributed by atoms with van der Waals surface area (Å²) in [5.41, 5.74) is 1.39. The molecule has 9 heteroatoms. The first kappa shape index (κ1) is 20.8. The molecule has 0 spiro atoms. The summed E-state index contributed by atoms with van der Waals surface area (Å²) in [5.74, 6) is 0. The average Bonchev–Trinajstić information content (AvgIpc) is 3.54. The second kappa shape index (κ2) is 8.14. The first-order valence-electron chi connectivity index (χ1n) is 10.9. The number of pyridine rings is 1. The Hall–Kier alpha value is -3.04. The first-order chi connectivity index (χ1) is 15.5. The van der Waals surface area contributed by atoms with E-state index in [1.54, 1.807) is 21.4 Å². The molecule has 4 heterocycles. The molecule has 0 bridgehead atoms. The Morgan fingerprint density at radius 2 is 1.91 bits per heavy atom. The molecule has 8 nitrogen and oxygen atoms in total. The number of fused-ring (bicyclic) bond motifs is 1. The molecule has 166 valence electrons. The lowest BCUT2D eigenvalue weighted by atomic mass is 9.92. The van der Waals surface area contributed by atoms with Gasteiger partial charge in [-0.15, -0.1) is 0 Å². The van der Waals surface area contributed by atoms with Crippen LogP contribution in [-0.4, -0.2) is 50.4 Å². The highest BCUT2D eigenvalue weighted by Crippen LogP contribution is 2.37. The summed E-state index contributed by atoms with van der Waals surface area (Å²) in [4.78, 5) is 4.76. The van der Waals surface area contributed by atoms with Crippen LogP contribution in [0, 0.1) is 0 Å². The fraction of sp³-hybridized carbons (Fsp3) is 0.348. The van der Waals surface area contributed by atoms with E-state index in [0.29, 0.717) is 32.5 Å². The SMILES string of the molecule is CCCn1cc(S(=O)(=O)N2CCC(Cc3ccccn3)(n3ncc4ccccc43)C2)cn1. The number of aryl methyl sites for hydroxylation is 1. The summed E-state index contributed by atoms with van der Waals surface area (Å²) in [6.07, 6.45) is 8.84. The van der Waals surface area contributed by atoms with Gasteiger partial charge in [-0.05, 0) is 31.0 Å².